The molecule has 1 unspecified atom stereocenters. The quantitative estimate of drug-likeness (QED) is 0.921. The monoisotopic (exact) mass is 275 g/mol. The summed E-state index contributed by atoms with van der Waals surface area (Å²) in [4.78, 5) is 11.4. The van der Waals surface area contributed by atoms with Crippen LogP contribution in [0.3, 0.4) is 0 Å². The molecule has 3 heterocycles. The number of piperidine rings is 1. The second-order valence-corrected chi connectivity index (χ2v) is 5.02. The molecule has 0 spiro atoms. The molecule has 1 fully saturated rings. The Morgan fingerprint density at radius 3 is 3.20 bits per heavy atom. The summed E-state index contributed by atoms with van der Waals surface area (Å²) >= 11 is 0. The van der Waals surface area contributed by atoms with Crippen molar-refractivity contribution in [3.63, 3.8) is 0 Å². The van der Waals surface area contributed by atoms with E-state index in [1.165, 1.54) is 0 Å². The van der Waals surface area contributed by atoms with Crippen LogP contribution >= 0.6 is 0 Å². The van der Waals surface area contributed by atoms with Crippen LogP contribution in [0.4, 0.5) is 11.6 Å². The van der Waals surface area contributed by atoms with Gasteiger partial charge in [-0.05, 0) is 19.8 Å². The predicted molar refractivity (Wildman–Crippen MR) is 79.4 cm³/mol. The van der Waals surface area contributed by atoms with Crippen LogP contribution in [0.5, 0.6) is 0 Å². The van der Waals surface area contributed by atoms with Crippen molar-refractivity contribution in [2.45, 2.75) is 25.9 Å². The van der Waals surface area contributed by atoms with Crippen molar-refractivity contribution in [2.75, 3.05) is 37.0 Å². The molecule has 0 radical (unpaired) electrons. The Kier molecular flexibility index (Phi) is 3.73. The molecule has 1 aliphatic heterocycles. The molecule has 1 atom stereocenters. The van der Waals surface area contributed by atoms with E-state index in [1.54, 1.807) is 0 Å². The second-order valence-electron chi connectivity index (χ2n) is 5.02. The highest BCUT2D eigenvalue weighted by molar-refractivity contribution is 5.67. The third-order valence-electron chi connectivity index (χ3n) is 3.69. The van der Waals surface area contributed by atoms with Crippen LogP contribution in [-0.2, 0) is 4.74 Å². The van der Waals surface area contributed by atoms with Gasteiger partial charge in [0.05, 0.1) is 12.3 Å². The predicted octanol–water partition coefficient (Wildman–Crippen LogP) is 1.78. The minimum absolute atomic E-state index is 0.295. The number of ether oxygens (including phenoxy) is 1. The smallest absolute Gasteiger partial charge is 0.180 e. The molecular formula is C14H21N5O. The molecule has 6 nitrogen and oxygen atoms in total. The Hall–Kier alpha value is -1.82. The lowest BCUT2D eigenvalue weighted by molar-refractivity contribution is 0.0525. The average molecular weight is 275 g/mol. The zero-order valence-corrected chi connectivity index (χ0v) is 12.0. The minimum atomic E-state index is 0.295. The highest BCUT2D eigenvalue weighted by atomic mass is 16.5. The maximum atomic E-state index is 5.77. The fourth-order valence-electron chi connectivity index (χ4n) is 2.75. The van der Waals surface area contributed by atoms with Gasteiger partial charge in [-0.2, -0.15) is 0 Å². The molecule has 1 aliphatic rings. The van der Waals surface area contributed by atoms with Gasteiger partial charge in [-0.1, -0.05) is 0 Å². The Bertz CT molecular complexity index is 580. The number of aromatic nitrogens is 3. The van der Waals surface area contributed by atoms with Crippen molar-refractivity contribution in [3.05, 3.63) is 18.6 Å². The number of hydrogen-bond acceptors (Lipinski definition) is 5. The molecule has 0 aliphatic carbocycles. The van der Waals surface area contributed by atoms with E-state index in [2.05, 4.69) is 20.2 Å². The number of anilines is 2. The van der Waals surface area contributed by atoms with Crippen molar-refractivity contribution in [1.29, 1.82) is 0 Å². The van der Waals surface area contributed by atoms with Crippen LogP contribution in [0.2, 0.25) is 0 Å². The summed E-state index contributed by atoms with van der Waals surface area (Å²) in [6.07, 6.45) is 8.26. The first kappa shape index (κ1) is 13.2. The molecule has 20 heavy (non-hydrogen) atoms. The molecular weight excluding hydrogens is 254 g/mol. The Balaban J connectivity index is 1.93. The van der Waals surface area contributed by atoms with E-state index in [0.717, 1.165) is 49.8 Å². The average Bonchev–Trinajstić information content (AvgIpc) is 2.95. The Morgan fingerprint density at radius 1 is 1.50 bits per heavy atom. The van der Waals surface area contributed by atoms with E-state index in [0.29, 0.717) is 6.10 Å². The number of nitrogens with zero attached hydrogens (tertiary/aromatic N) is 4. The summed E-state index contributed by atoms with van der Waals surface area (Å²) in [7, 11) is 1.88. The van der Waals surface area contributed by atoms with Gasteiger partial charge in [-0.25, -0.2) is 9.97 Å². The third kappa shape index (κ3) is 2.43. The first-order valence-corrected chi connectivity index (χ1v) is 7.20. The van der Waals surface area contributed by atoms with E-state index in [4.69, 9.17) is 4.74 Å². The standard InChI is InChI=1S/C14H21N5O/c1-3-20-11-5-4-7-18(9-11)14-13-16-6-8-19(13)10-12(15-2)17-14/h6,8,10-11,15H,3-5,7,9H2,1-2H3. The fraction of sp³-hybridized carbons (Fsp3) is 0.571. The maximum Gasteiger partial charge on any atom is 0.180 e. The van der Waals surface area contributed by atoms with E-state index >= 15 is 0 Å². The van der Waals surface area contributed by atoms with Gasteiger partial charge in [0.1, 0.15) is 5.82 Å². The minimum Gasteiger partial charge on any atom is -0.377 e. The fourth-order valence-corrected chi connectivity index (χ4v) is 2.75. The van der Waals surface area contributed by atoms with Gasteiger partial charge >= 0.3 is 0 Å². The van der Waals surface area contributed by atoms with E-state index in [1.807, 2.05) is 37.0 Å². The Morgan fingerprint density at radius 2 is 2.40 bits per heavy atom. The van der Waals surface area contributed by atoms with E-state index < -0.39 is 0 Å². The number of imidazole rings is 1. The first-order valence-electron chi connectivity index (χ1n) is 7.20. The summed E-state index contributed by atoms with van der Waals surface area (Å²) in [6, 6.07) is 0. The van der Waals surface area contributed by atoms with E-state index in [-0.39, 0.29) is 0 Å². The summed E-state index contributed by atoms with van der Waals surface area (Å²) in [6.45, 7) is 4.70. The van der Waals surface area contributed by atoms with Crippen LogP contribution < -0.4 is 10.2 Å². The van der Waals surface area contributed by atoms with Crippen molar-refractivity contribution in [1.82, 2.24) is 14.4 Å². The topological polar surface area (TPSA) is 54.7 Å². The van der Waals surface area contributed by atoms with Gasteiger partial charge in [0.15, 0.2) is 11.5 Å². The molecule has 2 aromatic heterocycles. The summed E-state index contributed by atoms with van der Waals surface area (Å²) in [5.74, 6) is 1.79. The molecule has 108 valence electrons. The highest BCUT2D eigenvalue weighted by Gasteiger charge is 2.23. The van der Waals surface area contributed by atoms with Gasteiger partial charge < -0.3 is 19.4 Å². The van der Waals surface area contributed by atoms with Crippen molar-refractivity contribution >= 4 is 17.3 Å². The molecule has 6 heteroatoms. The molecule has 3 rings (SSSR count). The van der Waals surface area contributed by atoms with Crippen LogP contribution in [0, 0.1) is 0 Å². The number of nitrogens with one attached hydrogen (secondary N) is 1. The summed E-state index contributed by atoms with van der Waals surface area (Å²) in [5, 5.41) is 3.11. The lowest BCUT2D eigenvalue weighted by atomic mass is 10.1. The largest absolute Gasteiger partial charge is 0.377 e. The van der Waals surface area contributed by atoms with Crippen LogP contribution in [0.25, 0.3) is 5.65 Å². The van der Waals surface area contributed by atoms with Crippen molar-refractivity contribution in [3.8, 4) is 0 Å². The van der Waals surface area contributed by atoms with Gasteiger partial charge in [0.2, 0.25) is 0 Å². The van der Waals surface area contributed by atoms with Gasteiger partial charge in [-0.15, -0.1) is 0 Å². The van der Waals surface area contributed by atoms with Crippen LogP contribution in [0.1, 0.15) is 19.8 Å². The summed E-state index contributed by atoms with van der Waals surface area (Å²) < 4.78 is 7.78. The lowest BCUT2D eigenvalue weighted by Crippen LogP contribution is -2.40. The van der Waals surface area contributed by atoms with E-state index in [9.17, 15) is 0 Å². The second kappa shape index (κ2) is 5.66. The first-order chi connectivity index (χ1) is 9.81. The zero-order chi connectivity index (χ0) is 13.9. The molecule has 1 saturated heterocycles. The zero-order valence-electron chi connectivity index (χ0n) is 12.0. The SMILES string of the molecule is CCOC1CCCN(c2nc(NC)cn3ccnc23)C1. The third-order valence-corrected chi connectivity index (χ3v) is 3.69. The number of hydrogen-bond donors (Lipinski definition) is 1. The van der Waals surface area contributed by atoms with Crippen LogP contribution in [-0.4, -0.2) is 47.2 Å². The number of fused-ring (bicyclic) bond motifs is 1. The van der Waals surface area contributed by atoms with Crippen LogP contribution in [0.15, 0.2) is 18.6 Å². The molecule has 0 aromatic carbocycles. The lowest BCUT2D eigenvalue weighted by Gasteiger charge is -2.33. The number of rotatable bonds is 4. The van der Waals surface area contributed by atoms with Gasteiger partial charge in [0, 0.05) is 39.1 Å². The van der Waals surface area contributed by atoms with Crippen molar-refractivity contribution < 1.29 is 4.74 Å². The maximum absolute atomic E-state index is 5.77. The normalized spacial score (nSPS) is 19.5. The van der Waals surface area contributed by atoms with Gasteiger partial charge in [0.25, 0.3) is 0 Å². The molecule has 0 amide bonds. The molecule has 1 N–H and O–H groups in total. The summed E-state index contributed by atoms with van der Waals surface area (Å²) in [5.41, 5.74) is 0.904. The van der Waals surface area contributed by atoms with Crippen molar-refractivity contribution in [2.24, 2.45) is 0 Å². The molecule has 0 saturated carbocycles. The van der Waals surface area contributed by atoms with Gasteiger partial charge in [-0.3, -0.25) is 0 Å². The molecule has 0 bridgehead atoms. The molecule has 2 aromatic rings. The Labute approximate surface area is 118 Å². The highest BCUT2D eigenvalue weighted by Crippen LogP contribution is 2.24.